The summed E-state index contributed by atoms with van der Waals surface area (Å²) in [4.78, 5) is 23.4. The average molecular weight is 256 g/mol. The zero-order chi connectivity index (χ0) is 12.8. The molecule has 7 nitrogen and oxygen atoms in total. The predicted molar refractivity (Wildman–Crippen MR) is 57.3 cm³/mol. The lowest BCUT2D eigenvalue weighted by molar-refractivity contribution is -0.00980. The topological polar surface area (TPSA) is 107 Å². The van der Waals surface area contributed by atoms with E-state index in [1.807, 2.05) is 0 Å². The second kappa shape index (κ2) is 3.54. The first-order chi connectivity index (χ1) is 7.79. The van der Waals surface area contributed by atoms with Gasteiger partial charge in [0.1, 0.15) is 0 Å². The third-order valence-corrected chi connectivity index (χ3v) is 2.50. The number of nitrogens with zero attached hydrogens (tertiary/aromatic N) is 1. The summed E-state index contributed by atoms with van der Waals surface area (Å²) in [6.45, 7) is 0. The van der Waals surface area contributed by atoms with Crippen LogP contribution in [0.4, 0.5) is 5.69 Å². The van der Waals surface area contributed by atoms with E-state index in [9.17, 15) is 18.0 Å². The highest BCUT2D eigenvalue weighted by molar-refractivity contribution is 7.85. The quantitative estimate of drug-likeness (QED) is 0.578. The third kappa shape index (κ3) is 1.99. The van der Waals surface area contributed by atoms with Crippen molar-refractivity contribution in [3.05, 3.63) is 29.3 Å². The minimum absolute atomic E-state index is 0.0265. The lowest BCUT2D eigenvalue weighted by atomic mass is 10.1. The first kappa shape index (κ1) is 11.6. The molecule has 1 aliphatic rings. The molecule has 0 aromatic heterocycles. The molecule has 2 amide bonds. The molecule has 2 N–H and O–H groups in total. The van der Waals surface area contributed by atoms with Crippen LogP contribution in [-0.2, 0) is 14.4 Å². The summed E-state index contributed by atoms with van der Waals surface area (Å²) in [7, 11) is -3.95. The van der Waals surface area contributed by atoms with Crippen molar-refractivity contribution in [3.8, 4) is 0 Å². The van der Waals surface area contributed by atoms with Gasteiger partial charge in [0.25, 0.3) is 21.9 Å². The molecule has 0 radical (unpaired) electrons. The monoisotopic (exact) mass is 256 g/mol. The smallest absolute Gasteiger partial charge is 0.287 e. The Morgan fingerprint density at radius 3 is 2.35 bits per heavy atom. The van der Waals surface area contributed by atoms with Gasteiger partial charge in [-0.2, -0.15) is 8.42 Å². The molecule has 0 unspecified atom stereocenters. The number of hydrogen-bond donors (Lipinski definition) is 1. The molecule has 1 aromatic carbocycles. The summed E-state index contributed by atoms with van der Waals surface area (Å²) < 4.78 is 26.1. The molecular formula is C9H8N2O5S. The van der Waals surface area contributed by atoms with Gasteiger partial charge in [0.15, 0.2) is 0 Å². The van der Waals surface area contributed by atoms with Crippen LogP contribution < -0.4 is 5.73 Å². The van der Waals surface area contributed by atoms with E-state index in [4.69, 9.17) is 5.73 Å². The lowest BCUT2D eigenvalue weighted by Crippen LogP contribution is -2.32. The van der Waals surface area contributed by atoms with Crippen LogP contribution in [-0.4, -0.2) is 31.6 Å². The summed E-state index contributed by atoms with van der Waals surface area (Å²) in [5.74, 6) is -1.67. The molecule has 0 bridgehead atoms. The van der Waals surface area contributed by atoms with E-state index in [1.165, 1.54) is 18.2 Å². The van der Waals surface area contributed by atoms with Gasteiger partial charge in [0.05, 0.1) is 17.4 Å². The zero-order valence-corrected chi connectivity index (χ0v) is 9.52. The number of carbonyl (C=O) groups excluding carboxylic acids is 2. The Hall–Kier alpha value is -1.93. The molecule has 0 saturated carbocycles. The Morgan fingerprint density at radius 2 is 1.76 bits per heavy atom. The Bertz CT molecular complexity index is 622. The van der Waals surface area contributed by atoms with Gasteiger partial charge in [-0.1, -0.05) is 0 Å². The standard InChI is InChI=1S/C9H8N2O5S/c1-17(14,15)16-11-8(12)6-3-2-5(10)4-7(6)9(11)13/h2-4H,10H2,1H3. The fourth-order valence-corrected chi connectivity index (χ4v) is 1.85. The molecule has 8 heteroatoms. The maximum atomic E-state index is 11.7. The summed E-state index contributed by atoms with van der Waals surface area (Å²) in [5, 5.41) is 0.208. The van der Waals surface area contributed by atoms with Gasteiger partial charge >= 0.3 is 0 Å². The normalized spacial score (nSPS) is 15.2. The number of benzene rings is 1. The van der Waals surface area contributed by atoms with E-state index in [1.54, 1.807) is 0 Å². The van der Waals surface area contributed by atoms with Crippen molar-refractivity contribution in [1.82, 2.24) is 5.06 Å². The van der Waals surface area contributed by atoms with Crippen LogP contribution in [0.2, 0.25) is 0 Å². The first-order valence-corrected chi connectivity index (χ1v) is 6.29. The van der Waals surface area contributed by atoms with Crippen LogP contribution in [0.15, 0.2) is 18.2 Å². The van der Waals surface area contributed by atoms with Gasteiger partial charge in [0.2, 0.25) is 0 Å². The molecule has 0 atom stereocenters. The fraction of sp³-hybridized carbons (Fsp3) is 0.111. The Kier molecular flexibility index (Phi) is 2.40. The fourth-order valence-electron chi connectivity index (χ4n) is 1.44. The molecule has 0 spiro atoms. The van der Waals surface area contributed by atoms with Crippen molar-refractivity contribution in [1.29, 1.82) is 0 Å². The maximum absolute atomic E-state index is 11.7. The second-order valence-corrected chi connectivity index (χ2v) is 5.05. The van der Waals surface area contributed by atoms with E-state index >= 15 is 0 Å². The van der Waals surface area contributed by atoms with Gasteiger partial charge in [-0.05, 0) is 18.2 Å². The predicted octanol–water partition coefficient (Wildman–Crippen LogP) is -0.244. The molecular weight excluding hydrogens is 248 g/mol. The highest BCUT2D eigenvalue weighted by atomic mass is 32.2. The van der Waals surface area contributed by atoms with E-state index in [-0.39, 0.29) is 16.2 Å². The number of imide groups is 1. The van der Waals surface area contributed by atoms with Crippen molar-refractivity contribution in [2.75, 3.05) is 12.0 Å². The molecule has 0 aliphatic carbocycles. The maximum Gasteiger partial charge on any atom is 0.287 e. The van der Waals surface area contributed by atoms with Gasteiger partial charge in [0, 0.05) is 5.69 Å². The summed E-state index contributed by atoms with van der Waals surface area (Å²) >= 11 is 0. The number of amides is 2. The van der Waals surface area contributed by atoms with Crippen LogP contribution in [0.1, 0.15) is 20.7 Å². The molecule has 2 rings (SSSR count). The lowest BCUT2D eigenvalue weighted by Gasteiger charge is -2.09. The number of rotatable bonds is 2. The Labute approximate surface area is 96.8 Å². The van der Waals surface area contributed by atoms with Crippen molar-refractivity contribution in [2.45, 2.75) is 0 Å². The molecule has 0 saturated heterocycles. The molecule has 1 aliphatic heterocycles. The first-order valence-electron chi connectivity index (χ1n) is 4.47. The summed E-state index contributed by atoms with van der Waals surface area (Å²) in [5.41, 5.74) is 5.86. The Morgan fingerprint density at radius 1 is 1.18 bits per heavy atom. The van der Waals surface area contributed by atoms with Crippen LogP contribution in [0.3, 0.4) is 0 Å². The minimum atomic E-state index is -3.95. The zero-order valence-electron chi connectivity index (χ0n) is 8.71. The third-order valence-electron chi connectivity index (χ3n) is 2.08. The van der Waals surface area contributed by atoms with E-state index in [0.29, 0.717) is 5.69 Å². The Balaban J connectivity index is 2.46. The van der Waals surface area contributed by atoms with E-state index in [2.05, 4.69) is 4.28 Å². The van der Waals surface area contributed by atoms with Crippen molar-refractivity contribution < 1.29 is 22.3 Å². The highest BCUT2D eigenvalue weighted by Gasteiger charge is 2.39. The second-order valence-electron chi connectivity index (χ2n) is 3.49. The summed E-state index contributed by atoms with van der Waals surface area (Å²) in [6, 6.07) is 4.08. The van der Waals surface area contributed by atoms with Crippen LogP contribution in [0.5, 0.6) is 0 Å². The number of nitrogen functional groups attached to an aromatic ring is 1. The highest BCUT2D eigenvalue weighted by Crippen LogP contribution is 2.25. The van der Waals surface area contributed by atoms with Gasteiger partial charge in [-0.3, -0.25) is 9.59 Å². The number of nitrogens with two attached hydrogens (primary N) is 1. The van der Waals surface area contributed by atoms with E-state index in [0.717, 1.165) is 6.26 Å². The van der Waals surface area contributed by atoms with Crippen molar-refractivity contribution in [2.24, 2.45) is 0 Å². The van der Waals surface area contributed by atoms with Crippen LogP contribution >= 0.6 is 0 Å². The van der Waals surface area contributed by atoms with Crippen molar-refractivity contribution in [3.63, 3.8) is 0 Å². The number of fused-ring (bicyclic) bond motifs is 1. The molecule has 0 fully saturated rings. The number of anilines is 1. The van der Waals surface area contributed by atoms with Crippen LogP contribution in [0, 0.1) is 0 Å². The largest absolute Gasteiger partial charge is 0.399 e. The van der Waals surface area contributed by atoms with Gasteiger partial charge in [-0.25, -0.2) is 0 Å². The molecule has 1 aromatic rings. The van der Waals surface area contributed by atoms with Gasteiger partial charge < -0.3 is 5.73 Å². The number of hydroxylamine groups is 2. The van der Waals surface area contributed by atoms with E-state index < -0.39 is 21.9 Å². The molecule has 90 valence electrons. The van der Waals surface area contributed by atoms with Crippen LogP contribution in [0.25, 0.3) is 0 Å². The average Bonchev–Trinajstić information content (AvgIpc) is 2.42. The molecule has 1 heterocycles. The van der Waals surface area contributed by atoms with Gasteiger partial charge in [-0.15, -0.1) is 9.35 Å². The number of hydrogen-bond acceptors (Lipinski definition) is 6. The SMILES string of the molecule is CS(=O)(=O)ON1C(=O)c2ccc(N)cc2C1=O. The minimum Gasteiger partial charge on any atom is -0.399 e. The number of carbonyl (C=O) groups is 2. The molecule has 17 heavy (non-hydrogen) atoms. The summed E-state index contributed by atoms with van der Waals surface area (Å²) in [6.07, 6.45) is 0.741. The van der Waals surface area contributed by atoms with Crippen molar-refractivity contribution >= 4 is 27.6 Å².